The molecule has 0 saturated carbocycles. The number of anilines is 1. The average Bonchev–Trinajstić information content (AvgIpc) is 3.42. The Morgan fingerprint density at radius 1 is 0.972 bits per heavy atom. The Labute approximate surface area is 205 Å². The molecule has 2 aromatic carbocycles. The molecule has 2 amide bonds. The van der Waals surface area contributed by atoms with E-state index < -0.39 is 11.4 Å². The van der Waals surface area contributed by atoms with E-state index in [1.54, 1.807) is 34.1 Å². The number of carbonyl (C=O) groups excluding carboxylic acids is 2. The predicted molar refractivity (Wildman–Crippen MR) is 130 cm³/mol. The Morgan fingerprint density at radius 3 is 2.50 bits per heavy atom. The number of nitrogens with zero attached hydrogens (tertiary/aromatic N) is 4. The molecule has 9 heteroatoms. The van der Waals surface area contributed by atoms with Gasteiger partial charge in [-0.15, -0.1) is 0 Å². The highest BCUT2D eigenvalue weighted by Gasteiger charge is 2.59. The summed E-state index contributed by atoms with van der Waals surface area (Å²) >= 11 is 0. The molecule has 2 aromatic heterocycles. The van der Waals surface area contributed by atoms with E-state index in [0.29, 0.717) is 29.9 Å². The zero-order chi connectivity index (χ0) is 25.2. The Kier molecular flexibility index (Phi) is 4.86. The van der Waals surface area contributed by atoms with Crippen molar-refractivity contribution in [3.63, 3.8) is 0 Å². The lowest BCUT2D eigenvalue weighted by molar-refractivity contribution is -0.137. The SMILES string of the molecule is Cn1c(CN2C(=O)c3cc(F)ccc3[C@]23CCN(Cc2ccc(F)cc2)C3=O)cc2nc(N)ccc21. The monoisotopic (exact) mass is 487 g/mol. The maximum absolute atomic E-state index is 14.2. The largest absolute Gasteiger partial charge is 0.384 e. The molecule has 2 aliphatic rings. The minimum Gasteiger partial charge on any atom is -0.384 e. The van der Waals surface area contributed by atoms with Crippen molar-refractivity contribution < 1.29 is 18.4 Å². The number of hydrogen-bond acceptors (Lipinski definition) is 4. The highest BCUT2D eigenvalue weighted by atomic mass is 19.1. The normalized spacial score (nSPS) is 19.2. The number of likely N-dealkylation sites (tertiary alicyclic amines) is 1. The van der Waals surface area contributed by atoms with Crippen molar-refractivity contribution in [1.82, 2.24) is 19.4 Å². The quantitative estimate of drug-likeness (QED) is 0.476. The molecule has 36 heavy (non-hydrogen) atoms. The minimum atomic E-state index is -1.25. The molecule has 0 radical (unpaired) electrons. The van der Waals surface area contributed by atoms with Crippen LogP contribution in [0.2, 0.25) is 0 Å². The van der Waals surface area contributed by atoms with Crippen molar-refractivity contribution in [3.8, 4) is 0 Å². The van der Waals surface area contributed by atoms with Gasteiger partial charge in [0, 0.05) is 43.4 Å². The standard InChI is InChI=1S/C27H23F2N5O2/c1-32-19(13-22-23(32)8-9-24(30)31-22)15-34-25(35)20-12-18(29)6-7-21(20)27(34)10-11-33(26(27)36)14-16-2-4-17(28)5-3-16/h2-9,12-13H,10-11,14-15H2,1H3,(H2,30,31)/t27-/m0/s1. The maximum Gasteiger partial charge on any atom is 0.255 e. The average molecular weight is 488 g/mol. The van der Waals surface area contributed by atoms with Crippen LogP contribution in [0.25, 0.3) is 11.0 Å². The first-order valence-corrected chi connectivity index (χ1v) is 11.6. The number of nitrogens with two attached hydrogens (primary N) is 1. The number of carbonyl (C=O) groups is 2. The van der Waals surface area contributed by atoms with E-state index in [4.69, 9.17) is 5.73 Å². The van der Waals surface area contributed by atoms with Crippen molar-refractivity contribution in [2.24, 2.45) is 7.05 Å². The lowest BCUT2D eigenvalue weighted by atomic mass is 9.87. The fourth-order valence-corrected chi connectivity index (χ4v) is 5.55. The van der Waals surface area contributed by atoms with Gasteiger partial charge in [0.05, 0.1) is 17.6 Å². The van der Waals surface area contributed by atoms with Crippen molar-refractivity contribution >= 4 is 28.7 Å². The highest BCUT2D eigenvalue weighted by Crippen LogP contribution is 2.47. The minimum absolute atomic E-state index is 0.137. The molecule has 0 aliphatic carbocycles. The maximum atomic E-state index is 14.2. The lowest BCUT2D eigenvalue weighted by Crippen LogP contribution is -2.49. The van der Waals surface area contributed by atoms with E-state index in [1.807, 2.05) is 23.7 Å². The summed E-state index contributed by atoms with van der Waals surface area (Å²) in [6, 6.07) is 15.5. The number of nitrogen functional groups attached to an aromatic ring is 1. The van der Waals surface area contributed by atoms with Gasteiger partial charge in [-0.3, -0.25) is 9.59 Å². The first kappa shape index (κ1) is 22.2. The summed E-state index contributed by atoms with van der Waals surface area (Å²) < 4.78 is 29.5. The Hall–Kier alpha value is -4.27. The van der Waals surface area contributed by atoms with Crippen LogP contribution in [-0.4, -0.2) is 37.7 Å². The predicted octanol–water partition coefficient (Wildman–Crippen LogP) is 3.72. The van der Waals surface area contributed by atoms with E-state index in [-0.39, 0.29) is 36.3 Å². The van der Waals surface area contributed by atoms with Crippen LogP contribution in [0.4, 0.5) is 14.6 Å². The Bertz CT molecular complexity index is 1550. The summed E-state index contributed by atoms with van der Waals surface area (Å²) in [7, 11) is 1.87. The van der Waals surface area contributed by atoms with Gasteiger partial charge in [0.25, 0.3) is 11.8 Å². The summed E-state index contributed by atoms with van der Waals surface area (Å²) in [6.45, 7) is 0.832. The number of fused-ring (bicyclic) bond motifs is 3. The van der Waals surface area contributed by atoms with Gasteiger partial charge in [-0.2, -0.15) is 0 Å². The van der Waals surface area contributed by atoms with Gasteiger partial charge in [-0.05, 0) is 48.0 Å². The molecule has 7 nitrogen and oxygen atoms in total. The second-order valence-corrected chi connectivity index (χ2v) is 9.38. The Morgan fingerprint density at radius 2 is 1.72 bits per heavy atom. The van der Waals surface area contributed by atoms with Gasteiger partial charge < -0.3 is 20.1 Å². The summed E-state index contributed by atoms with van der Waals surface area (Å²) in [5.74, 6) is -1.11. The molecular weight excluding hydrogens is 464 g/mol. The number of benzene rings is 2. The van der Waals surface area contributed by atoms with Gasteiger partial charge in [-0.1, -0.05) is 18.2 Å². The number of amides is 2. The molecule has 182 valence electrons. The van der Waals surface area contributed by atoms with E-state index in [0.717, 1.165) is 16.8 Å². The van der Waals surface area contributed by atoms with Crippen LogP contribution in [0.15, 0.2) is 60.7 Å². The zero-order valence-electron chi connectivity index (χ0n) is 19.5. The Balaban J connectivity index is 1.41. The van der Waals surface area contributed by atoms with Crippen LogP contribution in [-0.2, 0) is 30.5 Å². The number of aromatic nitrogens is 2. The topological polar surface area (TPSA) is 84.5 Å². The second kappa shape index (κ2) is 7.87. The van der Waals surface area contributed by atoms with Crippen LogP contribution in [0.3, 0.4) is 0 Å². The molecule has 2 aliphatic heterocycles. The zero-order valence-corrected chi connectivity index (χ0v) is 19.5. The molecular formula is C27H23F2N5O2. The molecule has 1 atom stereocenters. The second-order valence-electron chi connectivity index (χ2n) is 9.38. The van der Waals surface area contributed by atoms with Crippen molar-refractivity contribution in [3.05, 3.63) is 94.7 Å². The number of rotatable bonds is 4. The molecule has 2 N–H and O–H groups in total. The van der Waals surface area contributed by atoms with E-state index >= 15 is 0 Å². The third-order valence-electron chi connectivity index (χ3n) is 7.37. The van der Waals surface area contributed by atoms with Crippen molar-refractivity contribution in [1.29, 1.82) is 0 Å². The molecule has 1 spiro atoms. The van der Waals surface area contributed by atoms with Crippen LogP contribution < -0.4 is 5.73 Å². The van der Waals surface area contributed by atoms with Gasteiger partial charge in [0.15, 0.2) is 5.54 Å². The van der Waals surface area contributed by atoms with Gasteiger partial charge >= 0.3 is 0 Å². The summed E-state index contributed by atoms with van der Waals surface area (Å²) in [6.07, 6.45) is 0.368. The van der Waals surface area contributed by atoms with Gasteiger partial charge in [0.2, 0.25) is 0 Å². The summed E-state index contributed by atoms with van der Waals surface area (Å²) in [5, 5.41) is 0. The van der Waals surface area contributed by atoms with E-state index in [9.17, 15) is 18.4 Å². The molecule has 4 aromatic rings. The van der Waals surface area contributed by atoms with Gasteiger partial charge in [-0.25, -0.2) is 13.8 Å². The van der Waals surface area contributed by atoms with Crippen LogP contribution >= 0.6 is 0 Å². The van der Waals surface area contributed by atoms with Gasteiger partial charge in [0.1, 0.15) is 17.5 Å². The third kappa shape index (κ3) is 3.19. The molecule has 0 unspecified atom stereocenters. The first-order chi connectivity index (χ1) is 17.3. The first-order valence-electron chi connectivity index (χ1n) is 11.6. The molecule has 6 rings (SSSR count). The number of pyridine rings is 1. The highest BCUT2D eigenvalue weighted by molar-refractivity contribution is 6.07. The molecule has 1 saturated heterocycles. The number of hydrogen-bond donors (Lipinski definition) is 1. The summed E-state index contributed by atoms with van der Waals surface area (Å²) in [4.78, 5) is 35.3. The number of aryl methyl sites for hydroxylation is 1. The van der Waals surface area contributed by atoms with Crippen LogP contribution in [0.1, 0.15) is 33.6 Å². The van der Waals surface area contributed by atoms with Crippen molar-refractivity contribution in [2.45, 2.75) is 25.0 Å². The molecule has 4 heterocycles. The fraction of sp³-hybridized carbons (Fsp3) is 0.222. The van der Waals surface area contributed by atoms with Crippen LogP contribution in [0.5, 0.6) is 0 Å². The van der Waals surface area contributed by atoms with E-state index in [1.165, 1.54) is 24.3 Å². The molecule has 1 fully saturated rings. The molecule has 0 bridgehead atoms. The smallest absolute Gasteiger partial charge is 0.255 e. The van der Waals surface area contributed by atoms with Crippen molar-refractivity contribution in [2.75, 3.05) is 12.3 Å². The summed E-state index contributed by atoms with van der Waals surface area (Å²) in [5.41, 5.74) is 8.41. The number of halogens is 2. The lowest BCUT2D eigenvalue weighted by Gasteiger charge is -2.34. The van der Waals surface area contributed by atoms with Crippen LogP contribution in [0, 0.1) is 11.6 Å². The van der Waals surface area contributed by atoms with E-state index in [2.05, 4.69) is 4.98 Å². The third-order valence-corrected chi connectivity index (χ3v) is 7.37. The fourth-order valence-electron chi connectivity index (χ4n) is 5.55.